The van der Waals surface area contributed by atoms with Gasteiger partial charge >= 0.3 is 17.6 Å². The zero-order valence-corrected chi connectivity index (χ0v) is 19.2. The van der Waals surface area contributed by atoms with Crippen molar-refractivity contribution in [3.05, 3.63) is 107 Å². The second-order valence-electron chi connectivity index (χ2n) is 7.25. The van der Waals surface area contributed by atoms with Gasteiger partial charge in [-0.2, -0.15) is 9.97 Å². The van der Waals surface area contributed by atoms with E-state index in [1.807, 2.05) is 54.6 Å². The lowest BCUT2D eigenvalue weighted by Crippen LogP contribution is -2.33. The molecule has 0 bridgehead atoms. The van der Waals surface area contributed by atoms with E-state index in [1.54, 1.807) is 0 Å². The molecule has 0 fully saturated rings. The van der Waals surface area contributed by atoms with Crippen LogP contribution < -0.4 is 25.4 Å². The van der Waals surface area contributed by atoms with Crippen LogP contribution >= 0.6 is 7.26 Å². The van der Waals surface area contributed by atoms with Crippen LogP contribution in [-0.2, 0) is 6.16 Å². The van der Waals surface area contributed by atoms with E-state index in [0.29, 0.717) is 6.16 Å². The molecule has 0 N–H and O–H groups in total. The van der Waals surface area contributed by atoms with Crippen LogP contribution in [0.5, 0.6) is 11.9 Å². The monoisotopic (exact) mass is 460 g/mol. The zero-order chi connectivity index (χ0) is 23.3. The second-order valence-corrected chi connectivity index (χ2v) is 10.7. The molecular weight excluding hydrogens is 437 g/mol. The van der Waals surface area contributed by atoms with Crippen LogP contribution in [0.1, 0.15) is 5.69 Å². The predicted molar refractivity (Wildman–Crippen MR) is 131 cm³/mol. The summed E-state index contributed by atoms with van der Waals surface area (Å²) in [4.78, 5) is 20.1. The third kappa shape index (κ3) is 4.28. The lowest BCUT2D eigenvalue weighted by atomic mass is 10.3. The maximum atomic E-state index is 12.1. The molecule has 1 heterocycles. The fraction of sp³-hybridized carbons (Fsp3) is 0.120. The van der Waals surface area contributed by atoms with E-state index in [4.69, 9.17) is 9.47 Å². The van der Waals surface area contributed by atoms with Crippen LogP contribution in [0.2, 0.25) is 0 Å². The Morgan fingerprint density at radius 2 is 1.21 bits per heavy atom. The summed E-state index contributed by atoms with van der Waals surface area (Å²) in [5.74, 6) is -0.117. The Bertz CT molecular complexity index is 1140. The number of hydrogen-bond acceptors (Lipinski definition) is 6. The van der Waals surface area contributed by atoms with Crippen molar-refractivity contribution in [3.8, 4) is 11.9 Å². The molecular formula is C25H23N3O4P+. The van der Waals surface area contributed by atoms with Crippen molar-refractivity contribution in [3.63, 3.8) is 0 Å². The van der Waals surface area contributed by atoms with Gasteiger partial charge in [-0.1, -0.05) is 54.6 Å². The highest BCUT2D eigenvalue weighted by atomic mass is 31.2. The second kappa shape index (κ2) is 9.76. The first kappa shape index (κ1) is 22.4. The van der Waals surface area contributed by atoms with Gasteiger partial charge in [0.2, 0.25) is 0 Å². The summed E-state index contributed by atoms with van der Waals surface area (Å²) in [5.41, 5.74) is 0.0269. The van der Waals surface area contributed by atoms with Crippen LogP contribution in [0.25, 0.3) is 0 Å². The molecule has 8 heteroatoms. The Morgan fingerprint density at radius 3 is 1.58 bits per heavy atom. The molecule has 0 atom stereocenters. The minimum Gasteiger partial charge on any atom is -0.476 e. The lowest BCUT2D eigenvalue weighted by Gasteiger charge is -2.27. The average Bonchev–Trinajstić information content (AvgIpc) is 2.88. The zero-order valence-electron chi connectivity index (χ0n) is 18.3. The summed E-state index contributed by atoms with van der Waals surface area (Å²) in [6.07, 6.45) is 0.302. The van der Waals surface area contributed by atoms with E-state index < -0.39 is 12.2 Å². The van der Waals surface area contributed by atoms with Gasteiger partial charge in [-0.15, -0.1) is 0 Å². The molecule has 1 aromatic heterocycles. The Morgan fingerprint density at radius 1 is 0.758 bits per heavy atom. The number of hydrogen-bond donors (Lipinski definition) is 0. The fourth-order valence-electron chi connectivity index (χ4n) is 3.98. The van der Waals surface area contributed by atoms with E-state index >= 15 is 0 Å². The summed E-state index contributed by atoms with van der Waals surface area (Å²) in [6.45, 7) is 0. The SMILES string of the molecule is COc1nc(C[P+](c2ccccc2)(c2ccccc2)c2ccccc2)c([N+](=O)[O-])c(OC)n1. The molecule has 0 aliphatic rings. The summed E-state index contributed by atoms with van der Waals surface area (Å²) < 4.78 is 10.5. The van der Waals surface area contributed by atoms with E-state index in [-0.39, 0.29) is 23.3 Å². The Hall–Kier alpha value is -3.83. The molecule has 3 aromatic carbocycles. The van der Waals surface area contributed by atoms with Crippen molar-refractivity contribution >= 4 is 28.9 Å². The molecule has 0 spiro atoms. The third-order valence-electron chi connectivity index (χ3n) is 5.44. The topological polar surface area (TPSA) is 87.4 Å². The molecule has 0 amide bonds. The summed E-state index contributed by atoms with van der Waals surface area (Å²) in [7, 11) is 0.374. The van der Waals surface area contributed by atoms with Gasteiger partial charge in [-0.25, -0.2) is 0 Å². The molecule has 7 nitrogen and oxygen atoms in total. The van der Waals surface area contributed by atoms with Crippen LogP contribution in [0, 0.1) is 10.1 Å². The molecule has 0 saturated carbocycles. The molecule has 4 aromatic rings. The van der Waals surface area contributed by atoms with Gasteiger partial charge in [0.15, 0.2) is 5.69 Å². The quantitative estimate of drug-likeness (QED) is 0.225. The highest BCUT2D eigenvalue weighted by Crippen LogP contribution is 2.59. The Balaban J connectivity index is 2.07. The highest BCUT2D eigenvalue weighted by molar-refractivity contribution is 7.95. The largest absolute Gasteiger partial charge is 0.476 e. The first-order valence-corrected chi connectivity index (χ1v) is 12.3. The van der Waals surface area contributed by atoms with Crippen molar-refractivity contribution in [2.45, 2.75) is 6.16 Å². The minimum atomic E-state index is -2.41. The lowest BCUT2D eigenvalue weighted by molar-refractivity contribution is -0.387. The van der Waals surface area contributed by atoms with Crippen molar-refractivity contribution in [1.29, 1.82) is 0 Å². The Labute approximate surface area is 192 Å². The van der Waals surface area contributed by atoms with E-state index in [2.05, 4.69) is 46.4 Å². The van der Waals surface area contributed by atoms with Gasteiger partial charge in [-0.05, 0) is 36.4 Å². The maximum absolute atomic E-state index is 12.1. The minimum absolute atomic E-state index is 0.0275. The van der Waals surface area contributed by atoms with Gasteiger partial charge in [0.1, 0.15) is 29.3 Å². The molecule has 33 heavy (non-hydrogen) atoms. The third-order valence-corrected chi connectivity index (χ3v) is 9.75. The molecule has 0 aliphatic carbocycles. The number of nitrogens with zero attached hydrogens (tertiary/aromatic N) is 3. The molecule has 4 rings (SSSR count). The van der Waals surface area contributed by atoms with Crippen molar-refractivity contribution < 1.29 is 14.4 Å². The smallest absolute Gasteiger partial charge is 0.356 e. The molecule has 0 saturated heterocycles. The van der Waals surface area contributed by atoms with Crippen LogP contribution in [0.15, 0.2) is 91.0 Å². The van der Waals surface area contributed by atoms with E-state index in [1.165, 1.54) is 14.2 Å². The molecule has 0 aliphatic heterocycles. The highest BCUT2D eigenvalue weighted by Gasteiger charge is 2.48. The normalized spacial score (nSPS) is 11.1. The standard InChI is InChI=1S/C25H23N3O4P/c1-31-24-23(28(29)30)22(26-25(27-24)32-2)18-33(19-12-6-3-7-13-19,20-14-8-4-9-15-20)21-16-10-5-11-17-21/h3-17H,18H2,1-2H3/q+1. The fourth-order valence-corrected chi connectivity index (χ4v) is 8.13. The van der Waals surface area contributed by atoms with Crippen LogP contribution in [0.4, 0.5) is 5.69 Å². The summed E-state index contributed by atoms with van der Waals surface area (Å²) in [6, 6.07) is 30.3. The van der Waals surface area contributed by atoms with Gasteiger partial charge in [0.25, 0.3) is 0 Å². The first-order valence-electron chi connectivity index (χ1n) is 10.3. The van der Waals surface area contributed by atoms with Gasteiger partial charge in [0.05, 0.1) is 19.1 Å². The predicted octanol–water partition coefficient (Wildman–Crippen LogP) is 3.90. The molecule has 0 radical (unpaired) electrons. The first-order chi connectivity index (χ1) is 16.1. The van der Waals surface area contributed by atoms with Crippen molar-refractivity contribution in [2.24, 2.45) is 0 Å². The average molecular weight is 460 g/mol. The van der Waals surface area contributed by atoms with Crippen LogP contribution in [-0.4, -0.2) is 29.1 Å². The Kier molecular flexibility index (Phi) is 6.61. The van der Waals surface area contributed by atoms with Gasteiger partial charge in [-0.3, -0.25) is 10.1 Å². The number of ether oxygens (including phenoxy) is 2. The van der Waals surface area contributed by atoms with Crippen molar-refractivity contribution in [1.82, 2.24) is 9.97 Å². The van der Waals surface area contributed by atoms with Crippen molar-refractivity contribution in [2.75, 3.05) is 14.2 Å². The number of aromatic nitrogens is 2. The number of rotatable bonds is 8. The van der Waals surface area contributed by atoms with E-state index in [0.717, 1.165) is 15.9 Å². The van der Waals surface area contributed by atoms with Gasteiger partial charge in [0, 0.05) is 0 Å². The van der Waals surface area contributed by atoms with E-state index in [9.17, 15) is 10.1 Å². The van der Waals surface area contributed by atoms with Gasteiger partial charge < -0.3 is 9.47 Å². The number of nitro groups is 1. The molecule has 166 valence electrons. The summed E-state index contributed by atoms with van der Waals surface area (Å²) in [5, 5.41) is 15.4. The molecule has 0 unspecified atom stereocenters. The van der Waals surface area contributed by atoms with Crippen LogP contribution in [0.3, 0.4) is 0 Å². The number of benzene rings is 3. The number of methoxy groups -OCH3 is 2. The summed E-state index contributed by atoms with van der Waals surface area (Å²) >= 11 is 0. The maximum Gasteiger partial charge on any atom is 0.356 e.